The van der Waals surface area contributed by atoms with E-state index in [1.165, 1.54) is 11.3 Å². The predicted octanol–water partition coefficient (Wildman–Crippen LogP) is -1.50. The standard InChI is InChI=1S/C2H2N2S3.Na/c5-1-3-4-2(6)7-1;/h(H2,3,4,5,6);/q;+1/p-1. The molecular formula is C2HN2NaS3. The maximum absolute atomic E-state index is 4.67. The third-order valence-electron chi connectivity index (χ3n) is 0.418. The molecule has 0 fully saturated rings. The van der Waals surface area contributed by atoms with Gasteiger partial charge < -0.3 is 10.2 Å². The normalized spacial score (nSPS) is 8.00. The van der Waals surface area contributed by atoms with Gasteiger partial charge in [0.25, 0.3) is 0 Å². The molecule has 0 atom stereocenters. The molecule has 2 nitrogen and oxygen atoms in total. The van der Waals surface area contributed by atoms with Gasteiger partial charge in [-0.25, -0.2) is 0 Å². The predicted molar refractivity (Wildman–Crippen MR) is 33.7 cm³/mol. The van der Waals surface area contributed by atoms with Gasteiger partial charge in [0.2, 0.25) is 0 Å². The van der Waals surface area contributed by atoms with Crippen molar-refractivity contribution in [3.05, 3.63) is 7.91 Å². The van der Waals surface area contributed by atoms with Crippen LogP contribution in [0, 0.1) is 7.91 Å². The third kappa shape index (κ3) is 2.52. The van der Waals surface area contributed by atoms with E-state index in [4.69, 9.17) is 0 Å². The molecule has 0 aromatic carbocycles. The van der Waals surface area contributed by atoms with Crippen molar-refractivity contribution in [2.75, 3.05) is 0 Å². The minimum atomic E-state index is 0. The van der Waals surface area contributed by atoms with E-state index in [-0.39, 0.29) is 29.6 Å². The first-order valence-corrected chi connectivity index (χ1v) is 3.15. The molecule has 6 heteroatoms. The summed E-state index contributed by atoms with van der Waals surface area (Å²) in [5.74, 6) is 0. The zero-order chi connectivity index (χ0) is 5.28. The number of rotatable bonds is 0. The largest absolute Gasteiger partial charge is 1.00 e. The van der Waals surface area contributed by atoms with Crippen molar-refractivity contribution >= 4 is 35.8 Å². The smallest absolute Gasteiger partial charge is 0.578 e. The Morgan fingerprint density at radius 1 is 1.50 bits per heavy atom. The fraction of sp³-hybridized carbons (Fsp3) is 0. The molecule has 1 rings (SSSR count). The van der Waals surface area contributed by atoms with E-state index < -0.39 is 0 Å². The first-order valence-electron chi connectivity index (χ1n) is 1.51. The summed E-state index contributed by atoms with van der Waals surface area (Å²) in [4.78, 5) is 0. The Morgan fingerprint density at radius 3 is 2.25 bits per heavy atom. The first kappa shape index (κ1) is 9.00. The van der Waals surface area contributed by atoms with Crippen LogP contribution in [0.4, 0.5) is 0 Å². The molecule has 1 aromatic rings. The van der Waals surface area contributed by atoms with E-state index >= 15 is 0 Å². The van der Waals surface area contributed by atoms with Crippen LogP contribution in [-0.2, 0) is 0 Å². The fourth-order valence-corrected chi connectivity index (χ4v) is 1.29. The number of H-pyrrole nitrogens is 1. The average molecular weight is 172 g/mol. The van der Waals surface area contributed by atoms with Crippen LogP contribution in [0.3, 0.4) is 0 Å². The van der Waals surface area contributed by atoms with Gasteiger partial charge in [0, 0.05) is 0 Å². The van der Waals surface area contributed by atoms with Gasteiger partial charge >= 0.3 is 29.6 Å². The van der Waals surface area contributed by atoms with Crippen molar-refractivity contribution in [1.82, 2.24) is 10.2 Å². The summed E-state index contributed by atoms with van der Waals surface area (Å²) < 4.78 is 1.22. The Kier molecular flexibility index (Phi) is 4.41. The zero-order valence-corrected chi connectivity index (χ0v) is 8.62. The van der Waals surface area contributed by atoms with E-state index in [1.807, 2.05) is 0 Å². The first-order chi connectivity index (χ1) is 3.29. The van der Waals surface area contributed by atoms with Crippen LogP contribution in [-0.4, -0.2) is 5.10 Å². The topological polar surface area (TPSA) is 29.9 Å². The Morgan fingerprint density at radius 2 is 2.12 bits per heavy atom. The Bertz CT molecular complexity index is 220. The summed E-state index contributed by atoms with van der Waals surface area (Å²) >= 11 is 10.6. The molecule has 0 unspecified atom stereocenters. The SMILES string of the molecule is S=c1[n-][nH]c(=S)s1.[Na+]. The molecule has 0 aliphatic carbocycles. The molecule has 8 heavy (non-hydrogen) atoms. The zero-order valence-electron chi connectivity index (χ0n) is 4.17. The number of aromatic amines is 1. The maximum atomic E-state index is 4.67. The quantitative estimate of drug-likeness (QED) is 0.381. The number of hydrogen-bond donors (Lipinski definition) is 1. The van der Waals surface area contributed by atoms with E-state index in [2.05, 4.69) is 34.6 Å². The summed E-state index contributed by atoms with van der Waals surface area (Å²) in [7, 11) is 0. The van der Waals surface area contributed by atoms with E-state index in [9.17, 15) is 0 Å². The minimum Gasteiger partial charge on any atom is -0.578 e. The second kappa shape index (κ2) is 3.92. The van der Waals surface area contributed by atoms with Crippen LogP contribution in [0.5, 0.6) is 0 Å². The van der Waals surface area contributed by atoms with Crippen LogP contribution in [0.15, 0.2) is 0 Å². The monoisotopic (exact) mass is 172 g/mol. The number of nitrogens with one attached hydrogen (secondary N) is 1. The Labute approximate surface area is 82.6 Å². The van der Waals surface area contributed by atoms with Gasteiger partial charge in [0.05, 0.1) is 0 Å². The van der Waals surface area contributed by atoms with Gasteiger partial charge in [-0.05, 0) is 16.2 Å². The molecule has 0 saturated carbocycles. The molecule has 1 heterocycles. The van der Waals surface area contributed by atoms with Crippen LogP contribution in [0.25, 0.3) is 0 Å². The van der Waals surface area contributed by atoms with Gasteiger partial charge in [0.1, 0.15) is 3.95 Å². The van der Waals surface area contributed by atoms with E-state index in [0.717, 1.165) is 0 Å². The molecular weight excluding hydrogens is 171 g/mol. The van der Waals surface area contributed by atoms with E-state index in [1.54, 1.807) is 0 Å². The van der Waals surface area contributed by atoms with E-state index in [0.29, 0.717) is 7.91 Å². The summed E-state index contributed by atoms with van der Waals surface area (Å²) in [6, 6.07) is 0. The Hall–Kier alpha value is 1.00. The molecule has 38 valence electrons. The average Bonchev–Trinajstić information content (AvgIpc) is 1.87. The molecule has 1 N–H and O–H groups in total. The summed E-state index contributed by atoms with van der Waals surface area (Å²) in [6.45, 7) is 0. The molecule has 0 bridgehead atoms. The second-order valence-electron chi connectivity index (χ2n) is 0.879. The number of nitrogens with zero attached hydrogens (tertiary/aromatic N) is 1. The molecule has 1 aromatic heterocycles. The minimum absolute atomic E-state index is 0. The van der Waals surface area contributed by atoms with Gasteiger partial charge in [-0.15, -0.1) is 11.3 Å². The van der Waals surface area contributed by atoms with Crippen molar-refractivity contribution in [3.63, 3.8) is 0 Å². The van der Waals surface area contributed by atoms with Gasteiger partial charge in [0.15, 0.2) is 0 Å². The van der Waals surface area contributed by atoms with Crippen LogP contribution < -0.4 is 34.7 Å². The number of hydrogen-bond acceptors (Lipinski definition) is 3. The summed E-state index contributed by atoms with van der Waals surface area (Å²) in [5.41, 5.74) is 0. The fourth-order valence-electron chi connectivity index (χ4n) is 0.216. The summed E-state index contributed by atoms with van der Waals surface area (Å²) in [6.07, 6.45) is 0. The van der Waals surface area contributed by atoms with Crippen molar-refractivity contribution in [2.45, 2.75) is 0 Å². The molecule has 0 aliphatic rings. The Balaban J connectivity index is 0.000000490. The van der Waals surface area contributed by atoms with Crippen LogP contribution >= 0.6 is 35.8 Å². The second-order valence-corrected chi connectivity index (χ2v) is 3.19. The van der Waals surface area contributed by atoms with Gasteiger partial charge in [-0.1, -0.05) is 12.2 Å². The summed E-state index contributed by atoms with van der Waals surface area (Å²) in [5, 5.41) is 6.17. The maximum Gasteiger partial charge on any atom is 1.00 e. The molecule has 0 spiro atoms. The van der Waals surface area contributed by atoms with Crippen LogP contribution in [0.2, 0.25) is 0 Å². The molecule has 0 saturated heterocycles. The van der Waals surface area contributed by atoms with Crippen molar-refractivity contribution in [3.8, 4) is 0 Å². The molecule has 0 radical (unpaired) electrons. The van der Waals surface area contributed by atoms with Crippen LogP contribution in [0.1, 0.15) is 0 Å². The molecule has 0 amide bonds. The van der Waals surface area contributed by atoms with Crippen molar-refractivity contribution in [2.24, 2.45) is 0 Å². The van der Waals surface area contributed by atoms with Crippen molar-refractivity contribution < 1.29 is 29.6 Å². The van der Waals surface area contributed by atoms with Gasteiger partial charge in [-0.2, -0.15) is 0 Å². The molecule has 0 aliphatic heterocycles. The third-order valence-corrected chi connectivity index (χ3v) is 1.64. The van der Waals surface area contributed by atoms with Gasteiger partial charge in [-0.3, -0.25) is 0 Å². The number of aromatic nitrogens is 2. The van der Waals surface area contributed by atoms with Crippen molar-refractivity contribution in [1.29, 1.82) is 0 Å².